The Balaban J connectivity index is 1.91. The molecule has 0 aromatic heterocycles. The first kappa shape index (κ1) is 11.8. The van der Waals surface area contributed by atoms with Crippen LogP contribution in [0.15, 0.2) is 11.6 Å². The van der Waals surface area contributed by atoms with E-state index in [-0.39, 0.29) is 0 Å². The van der Waals surface area contributed by atoms with Gasteiger partial charge in [0.25, 0.3) is 0 Å². The van der Waals surface area contributed by atoms with Gasteiger partial charge in [-0.2, -0.15) is 0 Å². The maximum Gasteiger partial charge on any atom is 0.162 e. The van der Waals surface area contributed by atoms with Gasteiger partial charge in [0.1, 0.15) is 0 Å². The molecule has 1 heterocycles. The van der Waals surface area contributed by atoms with Crippen molar-refractivity contribution in [2.75, 3.05) is 19.6 Å². The molecule has 1 unspecified atom stereocenters. The Morgan fingerprint density at radius 3 is 2.69 bits per heavy atom. The van der Waals surface area contributed by atoms with Crippen LogP contribution in [0.3, 0.4) is 0 Å². The quantitative estimate of drug-likeness (QED) is 0.683. The van der Waals surface area contributed by atoms with Gasteiger partial charge in [-0.25, -0.2) is 0 Å². The largest absolute Gasteiger partial charge is 0.303 e. The van der Waals surface area contributed by atoms with Gasteiger partial charge < -0.3 is 4.90 Å². The molecule has 0 spiro atoms. The zero-order chi connectivity index (χ0) is 11.5. The Bertz CT molecular complexity index is 287. The van der Waals surface area contributed by atoms with Crippen LogP contribution in [0.2, 0.25) is 0 Å². The van der Waals surface area contributed by atoms with E-state index in [4.69, 9.17) is 0 Å². The van der Waals surface area contributed by atoms with Crippen LogP contribution < -0.4 is 0 Å². The molecule has 0 aromatic carbocycles. The van der Waals surface area contributed by atoms with Crippen molar-refractivity contribution < 1.29 is 4.79 Å². The topological polar surface area (TPSA) is 20.3 Å². The SMILES string of the molecule is CC(C)/C=C1/CCC(CN2CCCC2)C1=O. The Labute approximate surface area is 98.7 Å². The van der Waals surface area contributed by atoms with Crippen molar-refractivity contribution in [1.29, 1.82) is 0 Å². The second-order valence-corrected chi connectivity index (χ2v) is 5.54. The molecule has 0 aromatic rings. The molecule has 0 N–H and O–H groups in total. The van der Waals surface area contributed by atoms with Gasteiger partial charge in [0, 0.05) is 12.5 Å². The summed E-state index contributed by atoms with van der Waals surface area (Å²) < 4.78 is 0. The van der Waals surface area contributed by atoms with Crippen LogP contribution in [0.25, 0.3) is 0 Å². The number of hydrogen-bond acceptors (Lipinski definition) is 2. The molecule has 1 atom stereocenters. The minimum Gasteiger partial charge on any atom is -0.303 e. The highest BCUT2D eigenvalue weighted by Gasteiger charge is 2.31. The molecule has 16 heavy (non-hydrogen) atoms. The molecule has 0 bridgehead atoms. The summed E-state index contributed by atoms with van der Waals surface area (Å²) in [6, 6.07) is 0. The number of carbonyl (C=O) groups is 1. The first-order chi connectivity index (χ1) is 7.66. The summed E-state index contributed by atoms with van der Waals surface area (Å²) in [4.78, 5) is 14.6. The van der Waals surface area contributed by atoms with Gasteiger partial charge in [0.2, 0.25) is 0 Å². The molecule has 2 aliphatic rings. The van der Waals surface area contributed by atoms with Gasteiger partial charge in [-0.3, -0.25) is 4.79 Å². The molecule has 90 valence electrons. The Kier molecular flexibility index (Phi) is 3.80. The molecule has 1 aliphatic heterocycles. The summed E-state index contributed by atoms with van der Waals surface area (Å²) in [5.41, 5.74) is 1.10. The van der Waals surface area contributed by atoms with Crippen molar-refractivity contribution in [3.05, 3.63) is 11.6 Å². The average molecular weight is 221 g/mol. The fourth-order valence-corrected chi connectivity index (χ4v) is 2.87. The van der Waals surface area contributed by atoms with E-state index in [1.165, 1.54) is 25.9 Å². The highest BCUT2D eigenvalue weighted by atomic mass is 16.1. The fraction of sp³-hybridized carbons (Fsp3) is 0.786. The molecular formula is C14H23NO. The molecule has 1 saturated carbocycles. The maximum atomic E-state index is 12.1. The monoisotopic (exact) mass is 221 g/mol. The van der Waals surface area contributed by atoms with Crippen molar-refractivity contribution in [1.82, 2.24) is 4.90 Å². The van der Waals surface area contributed by atoms with Gasteiger partial charge in [0.05, 0.1) is 0 Å². The predicted octanol–water partition coefficient (Wildman–Crippen LogP) is 2.64. The van der Waals surface area contributed by atoms with E-state index in [0.717, 1.165) is 25.0 Å². The third kappa shape index (κ3) is 2.73. The lowest BCUT2D eigenvalue weighted by atomic mass is 10.0. The Morgan fingerprint density at radius 1 is 1.38 bits per heavy atom. The lowest BCUT2D eigenvalue weighted by Gasteiger charge is -2.18. The second-order valence-electron chi connectivity index (χ2n) is 5.54. The van der Waals surface area contributed by atoms with Crippen LogP contribution in [0, 0.1) is 11.8 Å². The van der Waals surface area contributed by atoms with Crippen molar-refractivity contribution in [2.45, 2.75) is 39.5 Å². The average Bonchev–Trinajstić information content (AvgIpc) is 2.82. The van der Waals surface area contributed by atoms with E-state index >= 15 is 0 Å². The minimum atomic E-state index is 0.295. The maximum absolute atomic E-state index is 12.1. The lowest BCUT2D eigenvalue weighted by Crippen LogP contribution is -2.28. The summed E-state index contributed by atoms with van der Waals surface area (Å²) in [5, 5.41) is 0. The normalized spacial score (nSPS) is 29.8. The smallest absolute Gasteiger partial charge is 0.162 e. The van der Waals surface area contributed by atoms with Crippen LogP contribution in [0.4, 0.5) is 0 Å². The van der Waals surface area contributed by atoms with E-state index in [1.54, 1.807) is 0 Å². The second kappa shape index (κ2) is 5.13. The minimum absolute atomic E-state index is 0.295. The van der Waals surface area contributed by atoms with Crippen LogP contribution >= 0.6 is 0 Å². The van der Waals surface area contributed by atoms with Crippen LogP contribution in [-0.4, -0.2) is 30.3 Å². The number of likely N-dealkylation sites (tertiary alicyclic amines) is 1. The van der Waals surface area contributed by atoms with Gasteiger partial charge >= 0.3 is 0 Å². The number of allylic oxidation sites excluding steroid dienone is 2. The molecule has 2 nitrogen and oxygen atoms in total. The van der Waals surface area contributed by atoms with Gasteiger partial charge in [-0.1, -0.05) is 19.9 Å². The molecule has 2 heteroatoms. The van der Waals surface area contributed by atoms with Gasteiger partial charge in [0.15, 0.2) is 5.78 Å². The molecule has 1 aliphatic carbocycles. The van der Waals surface area contributed by atoms with E-state index in [2.05, 4.69) is 24.8 Å². The van der Waals surface area contributed by atoms with E-state index in [1.807, 2.05) is 0 Å². The predicted molar refractivity (Wildman–Crippen MR) is 66.3 cm³/mol. The Morgan fingerprint density at radius 2 is 2.06 bits per heavy atom. The summed E-state index contributed by atoms with van der Waals surface area (Å²) in [5.74, 6) is 1.23. The fourth-order valence-electron chi connectivity index (χ4n) is 2.87. The molecular weight excluding hydrogens is 198 g/mol. The molecule has 1 saturated heterocycles. The first-order valence-electron chi connectivity index (χ1n) is 6.64. The van der Waals surface area contributed by atoms with Gasteiger partial charge in [-0.05, 0) is 50.3 Å². The van der Waals surface area contributed by atoms with Crippen LogP contribution in [0.1, 0.15) is 39.5 Å². The van der Waals surface area contributed by atoms with Crippen molar-refractivity contribution in [2.24, 2.45) is 11.8 Å². The van der Waals surface area contributed by atoms with Crippen molar-refractivity contribution >= 4 is 5.78 Å². The van der Waals surface area contributed by atoms with E-state index < -0.39 is 0 Å². The molecule has 2 rings (SSSR count). The lowest BCUT2D eigenvalue weighted by molar-refractivity contribution is -0.118. The summed E-state index contributed by atoms with van der Waals surface area (Å²) >= 11 is 0. The zero-order valence-corrected chi connectivity index (χ0v) is 10.5. The van der Waals surface area contributed by atoms with E-state index in [9.17, 15) is 4.79 Å². The van der Waals surface area contributed by atoms with Crippen LogP contribution in [-0.2, 0) is 4.79 Å². The summed E-state index contributed by atoms with van der Waals surface area (Å²) in [6.45, 7) is 7.70. The van der Waals surface area contributed by atoms with Crippen molar-refractivity contribution in [3.8, 4) is 0 Å². The number of hydrogen-bond donors (Lipinski definition) is 0. The highest BCUT2D eigenvalue weighted by molar-refractivity contribution is 5.99. The number of Topliss-reactive ketones (excluding diaryl/α,β-unsaturated/α-hetero) is 1. The first-order valence-corrected chi connectivity index (χ1v) is 6.64. The summed E-state index contributed by atoms with van der Waals surface area (Å²) in [7, 11) is 0. The van der Waals surface area contributed by atoms with Crippen molar-refractivity contribution in [3.63, 3.8) is 0 Å². The molecule has 0 radical (unpaired) electrons. The zero-order valence-electron chi connectivity index (χ0n) is 10.5. The number of ketones is 1. The molecule has 2 fully saturated rings. The third-order valence-corrected chi connectivity index (χ3v) is 3.66. The summed E-state index contributed by atoms with van der Waals surface area (Å²) in [6.07, 6.45) is 6.88. The Hall–Kier alpha value is -0.630. The van der Waals surface area contributed by atoms with Crippen LogP contribution in [0.5, 0.6) is 0 Å². The number of rotatable bonds is 3. The third-order valence-electron chi connectivity index (χ3n) is 3.66. The van der Waals surface area contributed by atoms with E-state index in [0.29, 0.717) is 17.6 Å². The number of carbonyl (C=O) groups excluding carboxylic acids is 1. The van der Waals surface area contributed by atoms with Gasteiger partial charge in [-0.15, -0.1) is 0 Å². The number of nitrogens with zero attached hydrogens (tertiary/aromatic N) is 1. The standard InChI is InChI=1S/C14H23NO/c1-11(2)9-12-5-6-13(14(12)16)10-15-7-3-4-8-15/h9,11,13H,3-8,10H2,1-2H3/b12-9-. The highest BCUT2D eigenvalue weighted by Crippen LogP contribution is 2.29. The molecule has 0 amide bonds.